The van der Waals surface area contributed by atoms with Crippen LogP contribution >= 0.6 is 11.3 Å². The summed E-state index contributed by atoms with van der Waals surface area (Å²) in [5.74, 6) is 0. The summed E-state index contributed by atoms with van der Waals surface area (Å²) in [5.41, 5.74) is 0. The molecule has 4 aromatic rings. The van der Waals surface area contributed by atoms with Gasteiger partial charge in [0.15, 0.2) is 0 Å². The topological polar surface area (TPSA) is 67.3 Å². The Labute approximate surface area is 120 Å². The Kier molecular flexibility index (Phi) is 5.87. The van der Waals surface area contributed by atoms with E-state index in [1.165, 1.54) is 16.5 Å². The number of nitrogens with zero attached hydrogens (tertiary/aromatic N) is 4. The summed E-state index contributed by atoms with van der Waals surface area (Å²) >= 11 is 1.74. The molecular formula is C14H13N5S. The van der Waals surface area contributed by atoms with Gasteiger partial charge in [-0.05, 0) is 23.6 Å². The van der Waals surface area contributed by atoms with Gasteiger partial charge in [-0.3, -0.25) is 9.97 Å². The lowest BCUT2D eigenvalue weighted by molar-refractivity contribution is 1.17. The maximum atomic E-state index is 3.72. The van der Waals surface area contributed by atoms with E-state index in [0.717, 1.165) is 0 Å². The largest absolute Gasteiger partial charge is 0.353 e. The number of aromatic nitrogens is 5. The van der Waals surface area contributed by atoms with Crippen LogP contribution in [0.15, 0.2) is 73.3 Å². The van der Waals surface area contributed by atoms with Gasteiger partial charge in [-0.2, -0.15) is 0 Å². The van der Waals surface area contributed by atoms with E-state index < -0.39 is 0 Å². The minimum atomic E-state index is 1.27. The summed E-state index contributed by atoms with van der Waals surface area (Å²) in [4.78, 5) is 19.2. The van der Waals surface area contributed by atoms with Crippen LogP contribution < -0.4 is 0 Å². The molecule has 0 aromatic carbocycles. The molecule has 0 saturated heterocycles. The molecule has 5 nitrogen and oxygen atoms in total. The van der Waals surface area contributed by atoms with E-state index in [-0.39, 0.29) is 0 Å². The minimum Gasteiger partial charge on any atom is -0.353 e. The van der Waals surface area contributed by atoms with Gasteiger partial charge >= 0.3 is 0 Å². The van der Waals surface area contributed by atoms with Crippen LogP contribution in [0.2, 0.25) is 0 Å². The van der Waals surface area contributed by atoms with Gasteiger partial charge in [-0.15, -0.1) is 11.3 Å². The molecule has 1 N–H and O–H groups in total. The molecule has 0 amide bonds. The molecule has 0 fully saturated rings. The molecule has 20 heavy (non-hydrogen) atoms. The first-order valence-corrected chi connectivity index (χ1v) is 6.75. The van der Waals surface area contributed by atoms with Crippen LogP contribution in [0, 0.1) is 0 Å². The van der Waals surface area contributed by atoms with Crippen molar-refractivity contribution in [2.75, 3.05) is 0 Å². The first kappa shape index (κ1) is 13.8. The first-order chi connectivity index (χ1) is 9.97. The van der Waals surface area contributed by atoms with E-state index in [2.05, 4.69) is 42.4 Å². The lowest BCUT2D eigenvalue weighted by Crippen LogP contribution is -1.66. The van der Waals surface area contributed by atoms with Crippen molar-refractivity contribution in [1.29, 1.82) is 0 Å². The Morgan fingerprint density at radius 1 is 0.800 bits per heavy atom. The van der Waals surface area contributed by atoms with Crippen molar-refractivity contribution in [3.8, 4) is 0 Å². The van der Waals surface area contributed by atoms with E-state index in [9.17, 15) is 0 Å². The van der Waals surface area contributed by atoms with Gasteiger partial charge in [0.1, 0.15) is 6.33 Å². The average molecular weight is 283 g/mol. The summed E-state index contributed by atoms with van der Waals surface area (Å²) in [6.45, 7) is 0. The Hall–Kier alpha value is -2.60. The Morgan fingerprint density at radius 3 is 1.95 bits per heavy atom. The highest BCUT2D eigenvalue weighted by Gasteiger charge is 1.89. The molecule has 0 radical (unpaired) electrons. The van der Waals surface area contributed by atoms with Gasteiger partial charge < -0.3 is 4.98 Å². The predicted molar refractivity (Wildman–Crippen MR) is 80.2 cm³/mol. The highest BCUT2D eigenvalue weighted by Crippen LogP contribution is 2.17. The summed E-state index contributed by atoms with van der Waals surface area (Å²) in [6, 6.07) is 5.96. The summed E-state index contributed by atoms with van der Waals surface area (Å²) in [7, 11) is 0. The average Bonchev–Trinajstić information content (AvgIpc) is 3.16. The number of hydrogen-bond donors (Lipinski definition) is 1. The Bertz CT molecular complexity index is 542. The number of fused-ring (bicyclic) bond motifs is 1. The van der Waals surface area contributed by atoms with Crippen LogP contribution in [0.4, 0.5) is 0 Å². The fraction of sp³-hybridized carbons (Fsp3) is 0. The highest BCUT2D eigenvalue weighted by atomic mass is 32.1. The highest BCUT2D eigenvalue weighted by molar-refractivity contribution is 7.16. The van der Waals surface area contributed by atoms with Crippen LogP contribution in [0.25, 0.3) is 10.2 Å². The zero-order chi connectivity index (χ0) is 13.9. The maximum Gasteiger partial charge on any atom is 0.115 e. The molecule has 6 heteroatoms. The molecule has 0 spiro atoms. The summed E-state index contributed by atoms with van der Waals surface area (Å²) in [5, 5.41) is 3.40. The molecule has 4 heterocycles. The van der Waals surface area contributed by atoms with Crippen molar-refractivity contribution in [2.45, 2.75) is 0 Å². The number of aromatic amines is 1. The molecule has 0 aliphatic rings. The van der Waals surface area contributed by atoms with Crippen molar-refractivity contribution >= 4 is 21.6 Å². The van der Waals surface area contributed by atoms with E-state index in [4.69, 9.17) is 0 Å². The van der Waals surface area contributed by atoms with Gasteiger partial charge in [0.25, 0.3) is 0 Å². The monoisotopic (exact) mass is 283 g/mol. The molecule has 0 atom stereocenters. The normalized spacial score (nSPS) is 9.00. The minimum absolute atomic E-state index is 1.27. The summed E-state index contributed by atoms with van der Waals surface area (Å²) in [6.07, 6.45) is 13.4. The van der Waals surface area contributed by atoms with E-state index in [0.29, 0.717) is 0 Å². The van der Waals surface area contributed by atoms with E-state index in [1.54, 1.807) is 54.6 Å². The maximum absolute atomic E-state index is 3.72. The second-order valence-corrected chi connectivity index (χ2v) is 4.40. The fourth-order valence-electron chi connectivity index (χ4n) is 1.28. The smallest absolute Gasteiger partial charge is 0.115 e. The molecule has 0 aliphatic carbocycles. The van der Waals surface area contributed by atoms with Gasteiger partial charge in [0.05, 0.1) is 4.83 Å². The standard InChI is InChI=1S/C6H5NS.2C4H4N2/c1-3-7-6-5(1)2-4-8-6;1-2-6-4-3-5-1;1-2-5-4-6-3-1/h1-4,7H;2*1-4H. The van der Waals surface area contributed by atoms with Crippen molar-refractivity contribution in [3.63, 3.8) is 0 Å². The molecule has 0 saturated carbocycles. The molecule has 100 valence electrons. The molecule has 4 aromatic heterocycles. The first-order valence-electron chi connectivity index (χ1n) is 5.87. The van der Waals surface area contributed by atoms with Gasteiger partial charge in [-0.25, -0.2) is 9.97 Å². The fourth-order valence-corrected chi connectivity index (χ4v) is 2.04. The lowest BCUT2D eigenvalue weighted by atomic mass is 10.4. The lowest BCUT2D eigenvalue weighted by Gasteiger charge is -1.70. The number of rotatable bonds is 0. The zero-order valence-electron chi connectivity index (χ0n) is 10.6. The van der Waals surface area contributed by atoms with Crippen LogP contribution in [0.1, 0.15) is 0 Å². The van der Waals surface area contributed by atoms with Gasteiger partial charge in [0.2, 0.25) is 0 Å². The number of hydrogen-bond acceptors (Lipinski definition) is 5. The molecular weight excluding hydrogens is 270 g/mol. The number of thiophene rings is 1. The molecule has 0 aliphatic heterocycles. The van der Waals surface area contributed by atoms with Crippen molar-refractivity contribution in [2.24, 2.45) is 0 Å². The van der Waals surface area contributed by atoms with Crippen LogP contribution in [-0.2, 0) is 0 Å². The van der Waals surface area contributed by atoms with Crippen molar-refractivity contribution in [3.05, 3.63) is 73.3 Å². The van der Waals surface area contributed by atoms with Crippen molar-refractivity contribution < 1.29 is 0 Å². The zero-order valence-corrected chi connectivity index (χ0v) is 11.4. The molecule has 0 unspecified atom stereocenters. The summed E-state index contributed by atoms with van der Waals surface area (Å²) < 4.78 is 0. The van der Waals surface area contributed by atoms with Gasteiger partial charge in [-0.1, -0.05) is 0 Å². The third-order valence-electron chi connectivity index (χ3n) is 2.13. The Balaban J connectivity index is 0.000000112. The second-order valence-electron chi connectivity index (χ2n) is 3.48. The van der Waals surface area contributed by atoms with Crippen LogP contribution in [-0.4, -0.2) is 24.9 Å². The SMILES string of the molecule is c1cc2ccsc2[nH]1.c1cnccn1.c1cncnc1. The number of nitrogens with one attached hydrogen (secondary N) is 1. The Morgan fingerprint density at radius 2 is 1.50 bits per heavy atom. The molecule has 4 rings (SSSR count). The van der Waals surface area contributed by atoms with E-state index >= 15 is 0 Å². The quantitative estimate of drug-likeness (QED) is 0.538. The van der Waals surface area contributed by atoms with Gasteiger partial charge in [0, 0.05) is 48.8 Å². The van der Waals surface area contributed by atoms with Crippen molar-refractivity contribution in [1.82, 2.24) is 24.9 Å². The number of H-pyrrole nitrogens is 1. The third-order valence-corrected chi connectivity index (χ3v) is 2.99. The predicted octanol–water partition coefficient (Wildman–Crippen LogP) is 3.18. The second kappa shape index (κ2) is 8.49. The molecule has 0 bridgehead atoms. The van der Waals surface area contributed by atoms with Crippen LogP contribution in [0.3, 0.4) is 0 Å². The van der Waals surface area contributed by atoms with Crippen LogP contribution in [0.5, 0.6) is 0 Å². The third kappa shape index (κ3) is 4.95. The van der Waals surface area contributed by atoms with E-state index in [1.807, 2.05) is 6.20 Å².